The first-order valence-corrected chi connectivity index (χ1v) is 10.1. The van der Waals surface area contributed by atoms with Gasteiger partial charge < -0.3 is 15.1 Å². The molecule has 0 unspecified atom stereocenters. The molecule has 4 heterocycles. The highest BCUT2D eigenvalue weighted by atomic mass is 32.2. The van der Waals surface area contributed by atoms with Gasteiger partial charge in [-0.25, -0.2) is 8.42 Å². The van der Waals surface area contributed by atoms with Crippen LogP contribution in [0.2, 0.25) is 0 Å². The topological polar surface area (TPSA) is 82.1 Å². The van der Waals surface area contributed by atoms with E-state index in [1.165, 1.54) is 6.42 Å². The SMILES string of the molecule is O=C(C1=CN2CCS(=O)(=O)N=C2C=C1)N1CCC2(CCNC2)CC1. The number of rotatable bonds is 1. The number of nitrogens with zero attached hydrogens (tertiary/aromatic N) is 3. The molecule has 4 aliphatic heterocycles. The van der Waals surface area contributed by atoms with Crippen LogP contribution >= 0.6 is 0 Å². The van der Waals surface area contributed by atoms with Gasteiger partial charge in [0.25, 0.3) is 15.9 Å². The van der Waals surface area contributed by atoms with E-state index in [4.69, 9.17) is 0 Å². The van der Waals surface area contributed by atoms with Gasteiger partial charge in [0.1, 0.15) is 5.84 Å². The summed E-state index contributed by atoms with van der Waals surface area (Å²) in [5.74, 6) is 0.411. The lowest BCUT2D eigenvalue weighted by Crippen LogP contribution is -2.45. The number of amidine groups is 1. The number of fused-ring (bicyclic) bond motifs is 1. The lowest BCUT2D eigenvalue weighted by molar-refractivity contribution is -0.129. The minimum absolute atomic E-state index is 0.0124. The van der Waals surface area contributed by atoms with Crippen molar-refractivity contribution in [2.45, 2.75) is 19.3 Å². The number of piperidine rings is 1. The predicted molar refractivity (Wildman–Crippen MR) is 90.9 cm³/mol. The van der Waals surface area contributed by atoms with Crippen molar-refractivity contribution in [3.63, 3.8) is 0 Å². The van der Waals surface area contributed by atoms with Crippen LogP contribution in [0.5, 0.6) is 0 Å². The maximum Gasteiger partial charge on any atom is 0.256 e. The summed E-state index contributed by atoms with van der Waals surface area (Å²) in [6.07, 6.45) is 8.35. The van der Waals surface area contributed by atoms with E-state index < -0.39 is 10.0 Å². The summed E-state index contributed by atoms with van der Waals surface area (Å²) in [5, 5.41) is 3.43. The van der Waals surface area contributed by atoms with Crippen LogP contribution in [0.3, 0.4) is 0 Å². The largest absolute Gasteiger partial charge is 0.339 e. The molecule has 1 N–H and O–H groups in total. The van der Waals surface area contributed by atoms with Crippen LogP contribution in [-0.2, 0) is 14.8 Å². The van der Waals surface area contributed by atoms with Gasteiger partial charge in [-0.05, 0) is 43.4 Å². The maximum absolute atomic E-state index is 12.8. The molecular formula is C16H22N4O3S. The average Bonchev–Trinajstić information content (AvgIpc) is 3.02. The summed E-state index contributed by atoms with van der Waals surface area (Å²) >= 11 is 0. The monoisotopic (exact) mass is 350 g/mol. The molecule has 4 aliphatic rings. The molecule has 7 nitrogen and oxygen atoms in total. The minimum Gasteiger partial charge on any atom is -0.339 e. The third-order valence-corrected chi connectivity index (χ3v) is 6.68. The molecule has 2 saturated heterocycles. The maximum atomic E-state index is 12.8. The van der Waals surface area contributed by atoms with Gasteiger partial charge in [-0.3, -0.25) is 4.79 Å². The number of carbonyl (C=O) groups excluding carboxylic acids is 1. The van der Waals surface area contributed by atoms with E-state index in [1.54, 1.807) is 23.3 Å². The number of hydrogen-bond donors (Lipinski definition) is 1. The molecule has 0 aliphatic carbocycles. The highest BCUT2D eigenvalue weighted by molar-refractivity contribution is 7.90. The Labute approximate surface area is 142 Å². The van der Waals surface area contributed by atoms with Crippen LogP contribution in [0.25, 0.3) is 0 Å². The van der Waals surface area contributed by atoms with Crippen molar-refractivity contribution >= 4 is 21.8 Å². The Balaban J connectivity index is 1.45. The molecule has 8 heteroatoms. The summed E-state index contributed by atoms with van der Waals surface area (Å²) in [5.41, 5.74) is 0.989. The van der Waals surface area contributed by atoms with Crippen LogP contribution in [0.15, 0.2) is 28.3 Å². The van der Waals surface area contributed by atoms with Gasteiger partial charge in [-0.15, -0.1) is 4.40 Å². The first-order chi connectivity index (χ1) is 11.5. The second kappa shape index (κ2) is 5.70. The third kappa shape index (κ3) is 2.88. The lowest BCUT2D eigenvalue weighted by Gasteiger charge is -2.39. The second-order valence-electron chi connectivity index (χ2n) is 7.07. The normalized spacial score (nSPS) is 27.7. The Morgan fingerprint density at radius 3 is 2.67 bits per heavy atom. The molecule has 0 aromatic heterocycles. The summed E-state index contributed by atoms with van der Waals surface area (Å²) in [6, 6.07) is 0. The van der Waals surface area contributed by atoms with Crippen molar-refractivity contribution < 1.29 is 13.2 Å². The zero-order valence-corrected chi connectivity index (χ0v) is 14.4. The van der Waals surface area contributed by atoms with Gasteiger partial charge in [0.05, 0.1) is 11.3 Å². The van der Waals surface area contributed by atoms with Crippen LogP contribution in [0.1, 0.15) is 19.3 Å². The van der Waals surface area contributed by atoms with E-state index in [0.29, 0.717) is 23.4 Å². The highest BCUT2D eigenvalue weighted by Gasteiger charge is 2.38. The Hall–Kier alpha value is -1.67. The van der Waals surface area contributed by atoms with Crippen molar-refractivity contribution in [2.24, 2.45) is 9.81 Å². The summed E-state index contributed by atoms with van der Waals surface area (Å²) < 4.78 is 26.8. The summed E-state index contributed by atoms with van der Waals surface area (Å²) in [4.78, 5) is 16.4. The molecule has 0 radical (unpaired) electrons. The van der Waals surface area contributed by atoms with Crippen molar-refractivity contribution in [3.05, 3.63) is 23.9 Å². The number of carbonyl (C=O) groups is 1. The summed E-state index contributed by atoms with van der Waals surface area (Å²) in [6.45, 7) is 4.08. The van der Waals surface area contributed by atoms with Crippen molar-refractivity contribution in [2.75, 3.05) is 38.5 Å². The molecule has 0 atom stereocenters. The number of likely N-dealkylation sites (tertiary alicyclic amines) is 1. The zero-order valence-electron chi connectivity index (χ0n) is 13.6. The van der Waals surface area contributed by atoms with Crippen LogP contribution in [0, 0.1) is 5.41 Å². The zero-order chi connectivity index (χ0) is 16.8. The number of amides is 1. The van der Waals surface area contributed by atoms with Crippen LogP contribution in [-0.4, -0.2) is 68.4 Å². The summed E-state index contributed by atoms with van der Waals surface area (Å²) in [7, 11) is -3.36. The quantitative estimate of drug-likeness (QED) is 0.725. The van der Waals surface area contributed by atoms with Gasteiger partial charge in [-0.2, -0.15) is 0 Å². The van der Waals surface area contributed by atoms with Gasteiger partial charge in [0.2, 0.25) is 0 Å². The standard InChI is InChI=1S/C16H22N4O3S/c21-15(19-7-4-16(5-8-19)3-6-17-12-16)13-1-2-14-18-24(22,23)10-9-20(14)11-13/h1-2,11,17H,3-10,12H2. The van der Waals surface area contributed by atoms with E-state index in [9.17, 15) is 13.2 Å². The Morgan fingerprint density at radius 1 is 1.17 bits per heavy atom. The Kier molecular flexibility index (Phi) is 3.76. The fourth-order valence-electron chi connectivity index (χ4n) is 3.92. The molecule has 130 valence electrons. The average molecular weight is 350 g/mol. The third-order valence-electron chi connectivity index (χ3n) is 5.51. The molecule has 0 bridgehead atoms. The molecule has 2 fully saturated rings. The lowest BCUT2D eigenvalue weighted by atomic mass is 9.78. The molecular weight excluding hydrogens is 328 g/mol. The van der Waals surface area contributed by atoms with Gasteiger partial charge in [0.15, 0.2) is 0 Å². The van der Waals surface area contributed by atoms with Crippen molar-refractivity contribution in [1.29, 1.82) is 0 Å². The molecule has 4 rings (SSSR count). The van der Waals surface area contributed by atoms with Gasteiger partial charge in [0, 0.05) is 32.4 Å². The second-order valence-corrected chi connectivity index (χ2v) is 8.82. The first-order valence-electron chi connectivity index (χ1n) is 8.46. The Morgan fingerprint density at radius 2 is 1.96 bits per heavy atom. The van der Waals surface area contributed by atoms with E-state index in [1.807, 2.05) is 4.90 Å². The van der Waals surface area contributed by atoms with E-state index in [-0.39, 0.29) is 11.7 Å². The van der Waals surface area contributed by atoms with E-state index in [0.717, 1.165) is 39.0 Å². The minimum atomic E-state index is -3.36. The molecule has 0 aromatic rings. The van der Waals surface area contributed by atoms with Crippen molar-refractivity contribution in [3.8, 4) is 0 Å². The molecule has 1 amide bonds. The highest BCUT2D eigenvalue weighted by Crippen LogP contribution is 2.37. The molecule has 1 spiro atoms. The number of nitrogens with one attached hydrogen (secondary N) is 1. The van der Waals surface area contributed by atoms with Crippen molar-refractivity contribution in [1.82, 2.24) is 15.1 Å². The number of hydrogen-bond acceptors (Lipinski definition) is 5. The van der Waals surface area contributed by atoms with E-state index >= 15 is 0 Å². The van der Waals surface area contributed by atoms with Crippen LogP contribution < -0.4 is 5.32 Å². The molecule has 0 saturated carbocycles. The fraction of sp³-hybridized carbons (Fsp3) is 0.625. The predicted octanol–water partition coefficient (Wildman–Crippen LogP) is 0.0861. The van der Waals surface area contributed by atoms with Gasteiger partial charge >= 0.3 is 0 Å². The van der Waals surface area contributed by atoms with Gasteiger partial charge in [-0.1, -0.05) is 0 Å². The number of sulfonamides is 1. The Bertz CT molecular complexity index is 737. The molecule has 0 aromatic carbocycles. The van der Waals surface area contributed by atoms with Crippen LogP contribution in [0.4, 0.5) is 0 Å². The first kappa shape index (κ1) is 15.8. The fourth-order valence-corrected chi connectivity index (χ4v) is 4.89. The smallest absolute Gasteiger partial charge is 0.256 e. The molecule has 24 heavy (non-hydrogen) atoms. The van der Waals surface area contributed by atoms with E-state index in [2.05, 4.69) is 9.71 Å².